The van der Waals surface area contributed by atoms with Crippen molar-refractivity contribution < 1.29 is 14.3 Å². The number of halogens is 1. The Morgan fingerprint density at radius 3 is 2.42 bits per heavy atom. The van der Waals surface area contributed by atoms with Crippen LogP contribution in [0.4, 0.5) is 10.5 Å². The molecule has 2 aliphatic rings. The molecule has 0 radical (unpaired) electrons. The van der Waals surface area contributed by atoms with Gasteiger partial charge in [-0.25, -0.2) is 9.78 Å². The molecule has 24 heavy (non-hydrogen) atoms. The Hall–Kier alpha value is -1.69. The summed E-state index contributed by atoms with van der Waals surface area (Å²) in [6.07, 6.45) is 1.57. The van der Waals surface area contributed by atoms with E-state index in [2.05, 4.69) is 9.88 Å². The van der Waals surface area contributed by atoms with Crippen LogP contribution in [-0.4, -0.2) is 54.9 Å². The molecule has 1 amide bonds. The van der Waals surface area contributed by atoms with E-state index in [9.17, 15) is 4.79 Å². The Morgan fingerprint density at radius 1 is 1.25 bits per heavy atom. The molecule has 1 aromatic rings. The molecular weight excluding hydrogens is 330 g/mol. The summed E-state index contributed by atoms with van der Waals surface area (Å²) in [5, 5.41) is 0.372. The molecule has 0 aromatic carbocycles. The van der Waals surface area contributed by atoms with Gasteiger partial charge in [0.1, 0.15) is 5.60 Å². The highest BCUT2D eigenvalue weighted by molar-refractivity contribution is 6.30. The second kappa shape index (κ2) is 6.31. The van der Waals surface area contributed by atoms with Gasteiger partial charge < -0.3 is 19.3 Å². The number of rotatable bonds is 2. The predicted octanol–water partition coefficient (Wildman–Crippen LogP) is 3.05. The minimum absolute atomic E-state index is 0.210. The van der Waals surface area contributed by atoms with E-state index in [0.717, 1.165) is 31.9 Å². The van der Waals surface area contributed by atoms with Gasteiger partial charge >= 0.3 is 6.09 Å². The van der Waals surface area contributed by atoms with E-state index in [0.29, 0.717) is 22.7 Å². The summed E-state index contributed by atoms with van der Waals surface area (Å²) in [5.41, 5.74) is 0.557. The Kier molecular flexibility index (Phi) is 4.51. The molecule has 0 N–H and O–H groups in total. The maximum Gasteiger partial charge on any atom is 0.410 e. The number of likely N-dealkylation sites (tertiary alicyclic amines) is 1. The number of hydrogen-bond acceptors (Lipinski definition) is 5. The van der Waals surface area contributed by atoms with Crippen LogP contribution in [0.1, 0.15) is 20.8 Å². The van der Waals surface area contributed by atoms with Crippen molar-refractivity contribution in [2.24, 2.45) is 11.8 Å². The van der Waals surface area contributed by atoms with Crippen LogP contribution in [0.15, 0.2) is 12.3 Å². The lowest BCUT2D eigenvalue weighted by Gasteiger charge is -2.26. The minimum Gasteiger partial charge on any atom is -0.493 e. The van der Waals surface area contributed by atoms with Crippen molar-refractivity contribution in [1.82, 2.24) is 9.88 Å². The number of ether oxygens (including phenoxy) is 2. The summed E-state index contributed by atoms with van der Waals surface area (Å²) in [6.45, 7) is 8.97. The molecule has 3 rings (SSSR count). The summed E-state index contributed by atoms with van der Waals surface area (Å²) >= 11 is 5.99. The van der Waals surface area contributed by atoms with Gasteiger partial charge in [-0.3, -0.25) is 0 Å². The first-order valence-electron chi connectivity index (χ1n) is 8.19. The molecule has 7 heteroatoms. The SMILES string of the molecule is COc1cc(N2CC3CN(C(=O)OC(C)(C)C)CC3C2)cnc1Cl. The summed E-state index contributed by atoms with van der Waals surface area (Å²) in [7, 11) is 1.59. The Morgan fingerprint density at radius 2 is 1.88 bits per heavy atom. The van der Waals surface area contributed by atoms with Gasteiger partial charge in [-0.1, -0.05) is 11.6 Å². The number of anilines is 1. The third kappa shape index (κ3) is 3.53. The highest BCUT2D eigenvalue weighted by Gasteiger charge is 2.42. The van der Waals surface area contributed by atoms with Gasteiger partial charge in [-0.2, -0.15) is 0 Å². The smallest absolute Gasteiger partial charge is 0.410 e. The molecule has 2 fully saturated rings. The van der Waals surface area contributed by atoms with Crippen LogP contribution in [0.5, 0.6) is 5.75 Å². The van der Waals surface area contributed by atoms with Crippen LogP contribution in [0, 0.1) is 11.8 Å². The number of carbonyl (C=O) groups excluding carboxylic acids is 1. The molecule has 3 heterocycles. The second-order valence-electron chi connectivity index (χ2n) is 7.50. The van der Waals surface area contributed by atoms with Gasteiger partial charge in [-0.15, -0.1) is 0 Å². The third-order valence-electron chi connectivity index (χ3n) is 4.52. The molecule has 0 spiro atoms. The van der Waals surface area contributed by atoms with E-state index in [1.165, 1.54) is 0 Å². The quantitative estimate of drug-likeness (QED) is 0.765. The topological polar surface area (TPSA) is 54.9 Å². The van der Waals surface area contributed by atoms with Crippen molar-refractivity contribution in [2.75, 3.05) is 38.2 Å². The van der Waals surface area contributed by atoms with E-state index < -0.39 is 5.60 Å². The lowest BCUT2D eigenvalue weighted by atomic mass is 10.0. The average molecular weight is 354 g/mol. The molecule has 0 saturated carbocycles. The van der Waals surface area contributed by atoms with E-state index in [4.69, 9.17) is 21.1 Å². The second-order valence-corrected chi connectivity index (χ2v) is 7.86. The number of hydrogen-bond donors (Lipinski definition) is 0. The first kappa shape index (κ1) is 17.1. The van der Waals surface area contributed by atoms with E-state index in [-0.39, 0.29) is 6.09 Å². The maximum atomic E-state index is 12.2. The molecule has 2 atom stereocenters. The Bertz CT molecular complexity index is 618. The van der Waals surface area contributed by atoms with Gasteiger partial charge in [-0.05, 0) is 20.8 Å². The minimum atomic E-state index is -0.452. The van der Waals surface area contributed by atoms with Crippen LogP contribution in [0.25, 0.3) is 0 Å². The van der Waals surface area contributed by atoms with Gasteiger partial charge in [0.05, 0.1) is 19.0 Å². The monoisotopic (exact) mass is 353 g/mol. The number of carbonyl (C=O) groups is 1. The average Bonchev–Trinajstić information content (AvgIpc) is 3.04. The Balaban J connectivity index is 1.62. The molecule has 2 aliphatic heterocycles. The van der Waals surface area contributed by atoms with Gasteiger partial charge in [0.15, 0.2) is 10.9 Å². The van der Waals surface area contributed by atoms with Gasteiger partial charge in [0.2, 0.25) is 0 Å². The standard InChI is InChI=1S/C17H24ClN3O3/c1-17(2,3)24-16(22)21-9-11-7-20(8-12(11)10-21)13-5-14(23-4)15(18)19-6-13/h5-6,11-12H,7-10H2,1-4H3. The molecule has 0 bridgehead atoms. The fraction of sp³-hybridized carbons (Fsp3) is 0.647. The number of methoxy groups -OCH3 is 1. The molecule has 1 aromatic heterocycles. The lowest BCUT2D eigenvalue weighted by molar-refractivity contribution is 0.0282. The number of fused-ring (bicyclic) bond motifs is 1. The van der Waals surface area contributed by atoms with Crippen LogP contribution >= 0.6 is 11.6 Å². The highest BCUT2D eigenvalue weighted by Crippen LogP contribution is 2.36. The summed E-state index contributed by atoms with van der Waals surface area (Å²) < 4.78 is 10.7. The highest BCUT2D eigenvalue weighted by atomic mass is 35.5. The fourth-order valence-electron chi connectivity index (χ4n) is 3.41. The van der Waals surface area contributed by atoms with E-state index in [1.54, 1.807) is 13.3 Å². The van der Waals surface area contributed by atoms with Crippen molar-refractivity contribution in [1.29, 1.82) is 0 Å². The zero-order chi connectivity index (χ0) is 17.5. The first-order valence-corrected chi connectivity index (χ1v) is 8.57. The normalized spacial score (nSPS) is 23.4. The molecule has 0 aliphatic carbocycles. The first-order chi connectivity index (χ1) is 11.3. The van der Waals surface area contributed by atoms with E-state index >= 15 is 0 Å². The zero-order valence-corrected chi connectivity index (χ0v) is 15.3. The maximum absolute atomic E-state index is 12.2. The van der Waals surface area contributed by atoms with Crippen molar-refractivity contribution in [2.45, 2.75) is 26.4 Å². The molecule has 132 valence electrons. The van der Waals surface area contributed by atoms with Crippen molar-refractivity contribution in [3.63, 3.8) is 0 Å². The van der Waals surface area contributed by atoms with Crippen LogP contribution in [0.2, 0.25) is 5.15 Å². The molecule has 2 saturated heterocycles. The lowest BCUT2D eigenvalue weighted by Crippen LogP contribution is -2.37. The van der Waals surface area contributed by atoms with Crippen molar-refractivity contribution in [3.8, 4) is 5.75 Å². The zero-order valence-electron chi connectivity index (χ0n) is 14.6. The number of nitrogens with zero attached hydrogens (tertiary/aromatic N) is 3. The molecule has 2 unspecified atom stereocenters. The van der Waals surface area contributed by atoms with Crippen LogP contribution < -0.4 is 9.64 Å². The van der Waals surface area contributed by atoms with Gasteiger partial charge in [0.25, 0.3) is 0 Å². The number of aromatic nitrogens is 1. The predicted molar refractivity (Wildman–Crippen MR) is 92.8 cm³/mol. The number of pyridine rings is 1. The fourth-order valence-corrected chi connectivity index (χ4v) is 3.59. The summed E-state index contributed by atoms with van der Waals surface area (Å²) in [5.74, 6) is 1.50. The third-order valence-corrected chi connectivity index (χ3v) is 4.80. The summed E-state index contributed by atoms with van der Waals surface area (Å²) in [6, 6.07) is 1.92. The molecule has 6 nitrogen and oxygen atoms in total. The Labute approximate surface area is 147 Å². The van der Waals surface area contributed by atoms with Crippen molar-refractivity contribution >= 4 is 23.4 Å². The van der Waals surface area contributed by atoms with E-state index in [1.807, 2.05) is 31.7 Å². The number of amides is 1. The van der Waals surface area contributed by atoms with Crippen molar-refractivity contribution in [3.05, 3.63) is 17.4 Å². The summed E-state index contributed by atoms with van der Waals surface area (Å²) in [4.78, 5) is 20.5. The van der Waals surface area contributed by atoms with Crippen LogP contribution in [-0.2, 0) is 4.74 Å². The van der Waals surface area contributed by atoms with Crippen LogP contribution in [0.3, 0.4) is 0 Å². The molecular formula is C17H24ClN3O3. The largest absolute Gasteiger partial charge is 0.493 e. The van der Waals surface area contributed by atoms with Gasteiger partial charge in [0, 0.05) is 44.1 Å².